The number of ketones is 2. The van der Waals surface area contributed by atoms with Gasteiger partial charge in [0, 0.05) is 54.8 Å². The lowest BCUT2D eigenvalue weighted by Gasteiger charge is -2.11. The smallest absolute Gasteiger partial charge is 0.225 e. The largest absolute Gasteiger partial charge is 0.299 e. The predicted octanol–water partition coefficient (Wildman–Crippen LogP) is 8.84. The van der Waals surface area contributed by atoms with Crippen molar-refractivity contribution in [1.82, 2.24) is 39.5 Å². The second kappa shape index (κ2) is 15.5. The summed E-state index contributed by atoms with van der Waals surface area (Å²) >= 11 is 29.6. The average Bonchev–Trinajstić information content (AvgIpc) is 3.79. The van der Waals surface area contributed by atoms with Gasteiger partial charge in [-0.1, -0.05) is 74.6 Å². The van der Waals surface area contributed by atoms with Crippen LogP contribution in [0.4, 0.5) is 0 Å². The van der Waals surface area contributed by atoms with Crippen molar-refractivity contribution in [3.05, 3.63) is 103 Å². The molecule has 0 saturated carbocycles. The highest BCUT2D eigenvalue weighted by molar-refractivity contribution is 6.35. The number of halogens is 5. The van der Waals surface area contributed by atoms with Gasteiger partial charge in [-0.2, -0.15) is 20.2 Å². The predicted molar refractivity (Wildman–Crippen MR) is 201 cm³/mol. The van der Waals surface area contributed by atoms with Gasteiger partial charge in [0.1, 0.15) is 10.9 Å². The highest BCUT2D eigenvalue weighted by Crippen LogP contribution is 2.39. The number of hydrogen-bond acceptors (Lipinski definition) is 8. The van der Waals surface area contributed by atoms with E-state index in [1.807, 2.05) is 52.1 Å². The van der Waals surface area contributed by atoms with E-state index in [2.05, 4.69) is 57.8 Å². The number of carbonyl (C=O) groups excluding carboxylic acids is 2. The van der Waals surface area contributed by atoms with Crippen LogP contribution >= 0.6 is 58.0 Å². The minimum atomic E-state index is -0.478. The van der Waals surface area contributed by atoms with Crippen molar-refractivity contribution >= 4 is 91.6 Å². The van der Waals surface area contributed by atoms with Gasteiger partial charge in [-0.3, -0.25) is 19.0 Å². The number of rotatable bonds is 5. The Balaban J connectivity index is 0.000000146. The Labute approximate surface area is 319 Å². The van der Waals surface area contributed by atoms with Gasteiger partial charge in [0.2, 0.25) is 10.6 Å². The fourth-order valence-electron chi connectivity index (χ4n) is 6.17. The molecule has 51 heavy (non-hydrogen) atoms. The maximum Gasteiger partial charge on any atom is 0.225 e. The molecule has 15 heteroatoms. The van der Waals surface area contributed by atoms with Crippen molar-refractivity contribution in [1.29, 1.82) is 0 Å². The lowest BCUT2D eigenvalue weighted by Crippen LogP contribution is -2.11. The summed E-state index contributed by atoms with van der Waals surface area (Å²) in [5, 5.41) is 12.2. The summed E-state index contributed by atoms with van der Waals surface area (Å²) in [6.45, 7) is 10.0. The molecule has 0 radical (unpaired) electrons. The van der Waals surface area contributed by atoms with E-state index >= 15 is 0 Å². The molecule has 8 rings (SSSR count). The maximum atomic E-state index is 12.7. The summed E-state index contributed by atoms with van der Waals surface area (Å²) in [5.41, 5.74) is 5.78. The van der Waals surface area contributed by atoms with E-state index in [0.29, 0.717) is 64.0 Å². The van der Waals surface area contributed by atoms with Crippen LogP contribution in [0.1, 0.15) is 61.6 Å². The van der Waals surface area contributed by atoms with E-state index in [1.165, 1.54) is 0 Å². The summed E-state index contributed by atoms with van der Waals surface area (Å²) in [7, 11) is 0. The molecule has 2 aliphatic rings. The number of benzene rings is 2. The van der Waals surface area contributed by atoms with Crippen LogP contribution in [0.5, 0.6) is 0 Å². The molecule has 4 heterocycles. The second-order valence-corrected chi connectivity index (χ2v) is 15.3. The van der Waals surface area contributed by atoms with Crippen LogP contribution in [0.2, 0.25) is 25.8 Å². The van der Waals surface area contributed by atoms with Crippen LogP contribution in [0.15, 0.2) is 48.8 Å². The summed E-state index contributed by atoms with van der Waals surface area (Å²) in [5.74, 6) is 0.857. The Hall–Kier alpha value is -3.67. The zero-order valence-electron chi connectivity index (χ0n) is 28.2. The van der Waals surface area contributed by atoms with Gasteiger partial charge in [0.25, 0.3) is 0 Å². The summed E-state index contributed by atoms with van der Waals surface area (Å²) < 4.78 is 3.65. The van der Waals surface area contributed by atoms with Crippen molar-refractivity contribution < 1.29 is 9.59 Å². The number of aromatic nitrogens is 8. The second-order valence-electron chi connectivity index (χ2n) is 13.4. The minimum absolute atomic E-state index is 0.0879. The van der Waals surface area contributed by atoms with Gasteiger partial charge in [0.15, 0.2) is 17.1 Å². The van der Waals surface area contributed by atoms with Gasteiger partial charge in [-0.25, -0.2) is 9.97 Å². The van der Waals surface area contributed by atoms with E-state index in [9.17, 15) is 9.59 Å². The van der Waals surface area contributed by atoms with Crippen LogP contribution < -0.4 is 0 Å². The number of fused-ring (bicyclic) bond motifs is 4. The zero-order valence-corrected chi connectivity index (χ0v) is 32.0. The molecule has 0 amide bonds. The lowest BCUT2D eigenvalue weighted by atomic mass is 9.95. The summed E-state index contributed by atoms with van der Waals surface area (Å²) in [6.07, 6.45) is 5.27. The fourth-order valence-corrected chi connectivity index (χ4v) is 7.14. The zero-order chi connectivity index (χ0) is 36.6. The van der Waals surface area contributed by atoms with Crippen LogP contribution in [0, 0.1) is 11.8 Å². The van der Waals surface area contributed by atoms with Crippen LogP contribution in [-0.2, 0) is 41.9 Å². The van der Waals surface area contributed by atoms with E-state index in [4.69, 9.17) is 58.0 Å². The molecule has 1 atom stereocenters. The molecule has 10 nitrogen and oxygen atoms in total. The molecule has 4 aromatic heterocycles. The molecule has 0 aliphatic heterocycles. The molecule has 6 aromatic rings. The van der Waals surface area contributed by atoms with Gasteiger partial charge >= 0.3 is 0 Å². The molecule has 0 spiro atoms. The molecule has 0 saturated heterocycles. The molecular weight excluding hydrogens is 754 g/mol. The van der Waals surface area contributed by atoms with Gasteiger partial charge in [-0.15, -0.1) is 0 Å². The molecular formula is C36H33Cl5N8O2. The monoisotopic (exact) mass is 784 g/mol. The van der Waals surface area contributed by atoms with Crippen LogP contribution in [0.3, 0.4) is 0 Å². The molecule has 2 aliphatic carbocycles. The highest BCUT2D eigenvalue weighted by Gasteiger charge is 2.35. The van der Waals surface area contributed by atoms with Gasteiger partial charge < -0.3 is 0 Å². The first kappa shape index (κ1) is 37.1. The first-order chi connectivity index (χ1) is 24.2. The Kier molecular flexibility index (Phi) is 11.3. The van der Waals surface area contributed by atoms with Crippen molar-refractivity contribution in [2.75, 3.05) is 0 Å². The molecule has 264 valence electrons. The highest BCUT2D eigenvalue weighted by atomic mass is 35.5. The topological polar surface area (TPSA) is 121 Å². The van der Waals surface area contributed by atoms with Crippen LogP contribution in [0.25, 0.3) is 22.1 Å². The minimum Gasteiger partial charge on any atom is -0.299 e. The van der Waals surface area contributed by atoms with Crippen LogP contribution in [-0.4, -0.2) is 51.1 Å². The van der Waals surface area contributed by atoms with Gasteiger partial charge in [-0.05, 0) is 81.6 Å². The fraction of sp³-hybridized carbons (Fsp3) is 0.333. The molecule has 1 unspecified atom stereocenters. The third-order valence-electron chi connectivity index (χ3n) is 8.21. The van der Waals surface area contributed by atoms with E-state index < -0.39 is 5.92 Å². The Morgan fingerprint density at radius 2 is 1.22 bits per heavy atom. The maximum absolute atomic E-state index is 12.7. The third kappa shape index (κ3) is 8.69. The molecule has 0 fully saturated rings. The number of carbonyl (C=O) groups is 2. The Morgan fingerprint density at radius 3 is 1.86 bits per heavy atom. The molecule has 0 bridgehead atoms. The standard InChI is InChI=1S/C18H16Cl2N4O.C9H10Cl2N4.C9H7ClO/c1-9(2)7-24-8-13-16(21-18(20)22-17(13)23-24)15-12-6-11(19)4-3-10(12)5-14(15)25;1-5(2)3-15-4-6-7(10)12-9(11)13-8(6)14-15;10-8-2-1-6-4-9(11)5-7(6)3-8/h3-4,6,8-9,15H,5,7H2,1-2H3;4-5H,3H2,1-2H3;1-3H,4-5H2. The SMILES string of the molecule is CC(C)Cn1cc2c(C3C(=O)Cc4ccc(Cl)cc43)nc(Cl)nc2n1.CC(C)Cn1cc2c(Cl)nc(Cl)nc2n1.O=C1Cc2ccc(Cl)cc2C1. The first-order valence-corrected chi connectivity index (χ1v) is 18.2. The van der Waals surface area contributed by atoms with Crippen molar-refractivity contribution in [3.8, 4) is 0 Å². The number of Topliss-reactive ketones (excluding diaryl/α,β-unsaturated/α-hetero) is 2. The van der Waals surface area contributed by atoms with E-state index in [0.717, 1.165) is 51.1 Å². The van der Waals surface area contributed by atoms with Crippen molar-refractivity contribution in [2.24, 2.45) is 11.8 Å². The van der Waals surface area contributed by atoms with Gasteiger partial charge in [0.05, 0.1) is 22.4 Å². The van der Waals surface area contributed by atoms with E-state index in [1.54, 1.807) is 6.07 Å². The quantitative estimate of drug-likeness (QED) is 0.126. The number of hydrogen-bond donors (Lipinski definition) is 0. The first-order valence-electron chi connectivity index (χ1n) is 16.3. The molecule has 2 aromatic carbocycles. The van der Waals surface area contributed by atoms with Crippen molar-refractivity contribution in [2.45, 2.75) is 66.0 Å². The molecule has 0 N–H and O–H groups in total. The number of nitrogens with zero attached hydrogens (tertiary/aromatic N) is 8. The summed E-state index contributed by atoms with van der Waals surface area (Å²) in [4.78, 5) is 40.2. The lowest BCUT2D eigenvalue weighted by molar-refractivity contribution is -0.118. The Bertz CT molecular complexity index is 2280. The van der Waals surface area contributed by atoms with Crippen molar-refractivity contribution in [3.63, 3.8) is 0 Å². The van der Waals surface area contributed by atoms with E-state index in [-0.39, 0.29) is 16.4 Å². The third-order valence-corrected chi connectivity index (χ3v) is 9.31. The Morgan fingerprint density at radius 1 is 0.667 bits per heavy atom. The normalized spacial score (nSPS) is 14.9. The summed E-state index contributed by atoms with van der Waals surface area (Å²) in [6, 6.07) is 11.2. The average molecular weight is 787 g/mol.